The molecule has 0 spiro atoms. The molecule has 0 bridgehead atoms. The summed E-state index contributed by atoms with van der Waals surface area (Å²) in [5.74, 6) is 0.343. The van der Waals surface area contributed by atoms with E-state index in [9.17, 15) is 4.39 Å². The fourth-order valence-electron chi connectivity index (χ4n) is 3.20. The molecule has 1 saturated heterocycles. The maximum atomic E-state index is 13.9. The number of nitrogens with one attached hydrogen (secondary N) is 1. The second-order valence-corrected chi connectivity index (χ2v) is 5.55. The molecule has 106 valence electrons. The average Bonchev–Trinajstić information content (AvgIpc) is 2.89. The van der Waals surface area contributed by atoms with Crippen molar-refractivity contribution in [2.24, 2.45) is 5.92 Å². The van der Waals surface area contributed by atoms with Crippen LogP contribution in [0.5, 0.6) is 0 Å². The van der Waals surface area contributed by atoms with Crippen LogP contribution in [-0.4, -0.2) is 19.8 Å². The molecule has 3 rings (SSSR count). The fourth-order valence-corrected chi connectivity index (χ4v) is 3.20. The molecule has 0 aromatic heterocycles. The molecule has 0 amide bonds. The topological polar surface area (TPSA) is 21.3 Å². The zero-order valence-corrected chi connectivity index (χ0v) is 11.9. The lowest BCUT2D eigenvalue weighted by molar-refractivity contribution is 0.0635. The Morgan fingerprint density at radius 2 is 1.95 bits per heavy atom. The summed E-state index contributed by atoms with van der Waals surface area (Å²) in [6.45, 7) is 3.02. The van der Waals surface area contributed by atoms with E-state index in [4.69, 9.17) is 4.74 Å². The summed E-state index contributed by atoms with van der Waals surface area (Å²) in [7, 11) is 1.94. The standard InChI is InChI=1S/C17H20FNO/c1-11-9-10-20-17(11)16(19-2)14-7-8-15(18)13-6-4-3-5-12(13)14/h3-8,11,16-17,19H,9-10H2,1-2H3. The van der Waals surface area contributed by atoms with Crippen molar-refractivity contribution in [1.29, 1.82) is 0 Å². The Morgan fingerprint density at radius 1 is 1.20 bits per heavy atom. The Labute approximate surface area is 118 Å². The largest absolute Gasteiger partial charge is 0.376 e. The van der Waals surface area contributed by atoms with E-state index in [1.165, 1.54) is 0 Å². The Balaban J connectivity index is 2.10. The van der Waals surface area contributed by atoms with Crippen molar-refractivity contribution in [3.63, 3.8) is 0 Å². The summed E-state index contributed by atoms with van der Waals surface area (Å²) < 4.78 is 19.8. The molecule has 0 saturated carbocycles. The predicted octanol–water partition coefficient (Wildman–Crippen LogP) is 3.66. The van der Waals surface area contributed by atoms with Crippen LogP contribution in [0, 0.1) is 11.7 Å². The number of benzene rings is 2. The first-order valence-corrected chi connectivity index (χ1v) is 7.18. The van der Waals surface area contributed by atoms with Gasteiger partial charge >= 0.3 is 0 Å². The molecule has 2 aromatic rings. The molecule has 1 heterocycles. The third-order valence-corrected chi connectivity index (χ3v) is 4.32. The minimum atomic E-state index is -0.167. The summed E-state index contributed by atoms with van der Waals surface area (Å²) in [6, 6.07) is 11.2. The van der Waals surface area contributed by atoms with Crippen molar-refractivity contribution in [1.82, 2.24) is 5.32 Å². The molecule has 1 N–H and O–H groups in total. The smallest absolute Gasteiger partial charge is 0.131 e. The summed E-state index contributed by atoms with van der Waals surface area (Å²) in [6.07, 6.45) is 1.23. The van der Waals surface area contributed by atoms with Crippen LogP contribution in [0.3, 0.4) is 0 Å². The van der Waals surface area contributed by atoms with Crippen molar-refractivity contribution in [3.05, 3.63) is 47.8 Å². The lowest BCUT2D eigenvalue weighted by Gasteiger charge is -2.27. The van der Waals surface area contributed by atoms with Crippen LogP contribution in [0.25, 0.3) is 10.8 Å². The number of hydrogen-bond donors (Lipinski definition) is 1. The van der Waals surface area contributed by atoms with Crippen molar-refractivity contribution in [2.45, 2.75) is 25.5 Å². The van der Waals surface area contributed by atoms with Gasteiger partial charge in [0.2, 0.25) is 0 Å². The first-order chi connectivity index (χ1) is 9.72. The number of likely N-dealkylation sites (N-methyl/N-ethyl adjacent to an activating group) is 1. The fraction of sp³-hybridized carbons (Fsp3) is 0.412. The van der Waals surface area contributed by atoms with Gasteiger partial charge in [0, 0.05) is 12.0 Å². The van der Waals surface area contributed by atoms with Gasteiger partial charge in [-0.3, -0.25) is 0 Å². The zero-order valence-electron chi connectivity index (χ0n) is 11.9. The molecule has 0 radical (unpaired) electrons. The summed E-state index contributed by atoms with van der Waals surface area (Å²) in [5, 5.41) is 5.00. The molecule has 1 aliphatic heterocycles. The van der Waals surface area contributed by atoms with Gasteiger partial charge in [-0.2, -0.15) is 0 Å². The third-order valence-electron chi connectivity index (χ3n) is 4.32. The minimum Gasteiger partial charge on any atom is -0.376 e. The quantitative estimate of drug-likeness (QED) is 0.921. The minimum absolute atomic E-state index is 0.0954. The molecule has 2 aromatic carbocycles. The highest BCUT2D eigenvalue weighted by Crippen LogP contribution is 2.35. The molecule has 1 aliphatic rings. The molecular weight excluding hydrogens is 253 g/mol. The van der Waals surface area contributed by atoms with E-state index in [2.05, 4.69) is 12.2 Å². The van der Waals surface area contributed by atoms with Gasteiger partial charge in [0.1, 0.15) is 5.82 Å². The van der Waals surface area contributed by atoms with Crippen LogP contribution in [0.1, 0.15) is 24.9 Å². The van der Waals surface area contributed by atoms with E-state index in [0.29, 0.717) is 11.3 Å². The lowest BCUT2D eigenvalue weighted by Crippen LogP contribution is -2.32. The Hall–Kier alpha value is -1.45. The Morgan fingerprint density at radius 3 is 2.60 bits per heavy atom. The molecule has 3 heteroatoms. The number of rotatable bonds is 3. The van der Waals surface area contributed by atoms with E-state index in [-0.39, 0.29) is 18.0 Å². The second-order valence-electron chi connectivity index (χ2n) is 5.55. The number of ether oxygens (including phenoxy) is 1. The summed E-state index contributed by atoms with van der Waals surface area (Å²) in [5.41, 5.74) is 1.11. The van der Waals surface area contributed by atoms with E-state index < -0.39 is 0 Å². The second kappa shape index (κ2) is 5.51. The molecule has 20 heavy (non-hydrogen) atoms. The van der Waals surface area contributed by atoms with Gasteiger partial charge in [-0.1, -0.05) is 37.3 Å². The first-order valence-electron chi connectivity index (χ1n) is 7.18. The van der Waals surface area contributed by atoms with Crippen LogP contribution in [-0.2, 0) is 4.74 Å². The van der Waals surface area contributed by atoms with Gasteiger partial charge in [0.05, 0.1) is 12.1 Å². The monoisotopic (exact) mass is 273 g/mol. The molecular formula is C17H20FNO. The highest BCUT2D eigenvalue weighted by molar-refractivity contribution is 5.86. The van der Waals surface area contributed by atoms with Crippen LogP contribution in [0.2, 0.25) is 0 Å². The Kier molecular flexibility index (Phi) is 3.72. The van der Waals surface area contributed by atoms with E-state index in [0.717, 1.165) is 24.0 Å². The van der Waals surface area contributed by atoms with Crippen LogP contribution in [0.4, 0.5) is 4.39 Å². The molecule has 3 unspecified atom stereocenters. The molecule has 0 aliphatic carbocycles. The number of halogens is 1. The van der Waals surface area contributed by atoms with Crippen molar-refractivity contribution >= 4 is 10.8 Å². The van der Waals surface area contributed by atoms with Crippen LogP contribution in [0.15, 0.2) is 36.4 Å². The zero-order chi connectivity index (χ0) is 14.1. The first kappa shape index (κ1) is 13.5. The summed E-state index contributed by atoms with van der Waals surface area (Å²) in [4.78, 5) is 0. The van der Waals surface area contributed by atoms with E-state index in [1.807, 2.05) is 37.4 Å². The van der Waals surface area contributed by atoms with Gasteiger partial charge in [0.25, 0.3) is 0 Å². The number of hydrogen-bond acceptors (Lipinski definition) is 2. The predicted molar refractivity (Wildman–Crippen MR) is 79.2 cm³/mol. The normalized spacial score (nSPS) is 24.1. The van der Waals surface area contributed by atoms with Crippen molar-refractivity contribution < 1.29 is 9.13 Å². The maximum Gasteiger partial charge on any atom is 0.131 e. The SMILES string of the molecule is CNC(c1ccc(F)c2ccccc12)C1OCCC1C. The number of fused-ring (bicyclic) bond motifs is 1. The average molecular weight is 273 g/mol. The van der Waals surface area contributed by atoms with Gasteiger partial charge in [0.15, 0.2) is 0 Å². The third kappa shape index (κ3) is 2.21. The Bertz CT molecular complexity index is 613. The van der Waals surface area contributed by atoms with Crippen LogP contribution < -0.4 is 5.32 Å². The molecule has 2 nitrogen and oxygen atoms in total. The van der Waals surface area contributed by atoms with Crippen molar-refractivity contribution in [2.75, 3.05) is 13.7 Å². The van der Waals surface area contributed by atoms with Crippen molar-refractivity contribution in [3.8, 4) is 0 Å². The molecule has 3 atom stereocenters. The van der Waals surface area contributed by atoms with Gasteiger partial charge < -0.3 is 10.1 Å². The maximum absolute atomic E-state index is 13.9. The highest BCUT2D eigenvalue weighted by Gasteiger charge is 2.33. The van der Waals surface area contributed by atoms with E-state index in [1.54, 1.807) is 6.07 Å². The van der Waals surface area contributed by atoms with Gasteiger partial charge in [-0.25, -0.2) is 4.39 Å². The molecule has 1 fully saturated rings. The van der Waals surface area contributed by atoms with E-state index >= 15 is 0 Å². The summed E-state index contributed by atoms with van der Waals surface area (Å²) >= 11 is 0. The van der Waals surface area contributed by atoms with Gasteiger partial charge in [-0.15, -0.1) is 0 Å². The lowest BCUT2D eigenvalue weighted by atomic mass is 9.89. The van der Waals surface area contributed by atoms with Crippen LogP contribution >= 0.6 is 0 Å². The van der Waals surface area contributed by atoms with Gasteiger partial charge in [-0.05, 0) is 36.4 Å². The highest BCUT2D eigenvalue weighted by atomic mass is 19.1.